The minimum absolute atomic E-state index is 0.0781. The largest absolute Gasteiger partial charge is 0.480 e. The highest BCUT2D eigenvalue weighted by Gasteiger charge is 2.41. The lowest BCUT2D eigenvalue weighted by Gasteiger charge is -2.01. The third-order valence-electron chi connectivity index (χ3n) is 2.58. The average Bonchev–Trinajstić information content (AvgIpc) is 2.37. The monoisotopic (exact) mass is 226 g/mol. The normalized spacial score (nSPS) is 22.3. The summed E-state index contributed by atoms with van der Waals surface area (Å²) >= 11 is 0. The molecule has 0 spiro atoms. The molecule has 1 heterocycles. The van der Waals surface area contributed by atoms with E-state index in [1.165, 1.54) is 6.07 Å². The van der Waals surface area contributed by atoms with Crippen molar-refractivity contribution in [1.29, 1.82) is 0 Å². The molecule has 1 aromatic rings. The van der Waals surface area contributed by atoms with E-state index in [-0.39, 0.29) is 11.3 Å². The number of carbonyl (C=O) groups is 1. The number of carboxylic acids is 1. The van der Waals surface area contributed by atoms with Crippen LogP contribution in [0, 0.1) is 6.92 Å². The first-order valence-electron chi connectivity index (χ1n) is 4.49. The number of fused-ring (bicyclic) bond motifs is 1. The summed E-state index contributed by atoms with van der Waals surface area (Å²) in [6, 6.07) is 4.90. The van der Waals surface area contributed by atoms with Gasteiger partial charge in [-0.1, -0.05) is 17.7 Å². The molecule has 0 aromatic heterocycles. The maximum absolute atomic E-state index is 11.8. The molecule has 80 valence electrons. The highest BCUT2D eigenvalue weighted by atomic mass is 32.2. The van der Waals surface area contributed by atoms with E-state index in [1.807, 2.05) is 6.92 Å². The van der Waals surface area contributed by atoms with Crippen LogP contribution in [-0.4, -0.2) is 24.7 Å². The van der Waals surface area contributed by atoms with Crippen molar-refractivity contribution in [3.8, 4) is 0 Å². The van der Waals surface area contributed by atoms with Gasteiger partial charge in [0.05, 0.1) is 4.90 Å². The molecule has 1 unspecified atom stereocenters. The van der Waals surface area contributed by atoms with Crippen LogP contribution in [0.2, 0.25) is 0 Å². The quantitative estimate of drug-likeness (QED) is 0.768. The lowest BCUT2D eigenvalue weighted by Crippen LogP contribution is -2.26. The topological polar surface area (TPSA) is 71.4 Å². The minimum atomic E-state index is -3.66. The Morgan fingerprint density at radius 1 is 1.47 bits per heavy atom. The van der Waals surface area contributed by atoms with Gasteiger partial charge in [-0.2, -0.15) is 0 Å². The summed E-state index contributed by atoms with van der Waals surface area (Å²) < 4.78 is 23.5. The van der Waals surface area contributed by atoms with Crippen molar-refractivity contribution in [2.24, 2.45) is 0 Å². The number of aryl methyl sites for hydroxylation is 1. The number of hydrogen-bond donors (Lipinski definition) is 1. The van der Waals surface area contributed by atoms with Gasteiger partial charge in [0, 0.05) is 6.42 Å². The van der Waals surface area contributed by atoms with Crippen molar-refractivity contribution in [2.45, 2.75) is 23.5 Å². The van der Waals surface area contributed by atoms with Crippen LogP contribution >= 0.6 is 0 Å². The second-order valence-corrected chi connectivity index (χ2v) is 5.79. The van der Waals surface area contributed by atoms with E-state index in [0.29, 0.717) is 5.56 Å². The summed E-state index contributed by atoms with van der Waals surface area (Å²) in [6.07, 6.45) is 0.0781. The molecule has 1 aromatic carbocycles. The maximum atomic E-state index is 11.8. The number of rotatable bonds is 1. The fourth-order valence-corrected chi connectivity index (χ4v) is 3.56. The van der Waals surface area contributed by atoms with Crippen LogP contribution in [0.5, 0.6) is 0 Å². The molecule has 0 amide bonds. The number of sulfone groups is 1. The van der Waals surface area contributed by atoms with Gasteiger partial charge in [0.1, 0.15) is 0 Å². The van der Waals surface area contributed by atoms with Gasteiger partial charge in [-0.3, -0.25) is 4.79 Å². The van der Waals surface area contributed by atoms with Crippen molar-refractivity contribution < 1.29 is 18.3 Å². The second-order valence-electron chi connectivity index (χ2n) is 3.69. The molecule has 1 atom stereocenters. The van der Waals surface area contributed by atoms with Crippen LogP contribution in [0.15, 0.2) is 23.1 Å². The van der Waals surface area contributed by atoms with Crippen LogP contribution in [0.25, 0.3) is 0 Å². The van der Waals surface area contributed by atoms with Crippen molar-refractivity contribution in [3.05, 3.63) is 29.3 Å². The summed E-state index contributed by atoms with van der Waals surface area (Å²) in [7, 11) is -3.66. The summed E-state index contributed by atoms with van der Waals surface area (Å²) in [4.78, 5) is 11.0. The average molecular weight is 226 g/mol. The molecule has 1 aliphatic heterocycles. The SMILES string of the molecule is Cc1ccc2c(c1)CC(C(=O)O)S2(=O)=O. The van der Waals surface area contributed by atoms with E-state index in [0.717, 1.165) is 5.56 Å². The van der Waals surface area contributed by atoms with E-state index in [4.69, 9.17) is 5.11 Å². The second kappa shape index (κ2) is 3.06. The minimum Gasteiger partial charge on any atom is -0.480 e. The van der Waals surface area contributed by atoms with E-state index in [2.05, 4.69) is 0 Å². The Morgan fingerprint density at radius 3 is 2.73 bits per heavy atom. The third-order valence-corrected chi connectivity index (χ3v) is 4.71. The van der Waals surface area contributed by atoms with Crippen molar-refractivity contribution in [3.63, 3.8) is 0 Å². The molecule has 2 rings (SSSR count). The van der Waals surface area contributed by atoms with Crippen molar-refractivity contribution in [2.75, 3.05) is 0 Å². The van der Waals surface area contributed by atoms with E-state index < -0.39 is 21.1 Å². The molecule has 0 saturated heterocycles. The van der Waals surface area contributed by atoms with Crippen molar-refractivity contribution >= 4 is 15.8 Å². The lowest BCUT2D eigenvalue weighted by molar-refractivity contribution is -0.136. The van der Waals surface area contributed by atoms with Crippen LogP contribution in [0.3, 0.4) is 0 Å². The van der Waals surface area contributed by atoms with Gasteiger partial charge >= 0.3 is 5.97 Å². The van der Waals surface area contributed by atoms with Crippen LogP contribution in [0.4, 0.5) is 0 Å². The zero-order valence-electron chi connectivity index (χ0n) is 8.10. The van der Waals surface area contributed by atoms with E-state index in [9.17, 15) is 13.2 Å². The molecule has 0 saturated carbocycles. The molecule has 0 bridgehead atoms. The van der Waals surface area contributed by atoms with Gasteiger partial charge in [0.15, 0.2) is 15.1 Å². The zero-order chi connectivity index (χ0) is 11.2. The van der Waals surface area contributed by atoms with Crippen LogP contribution in [-0.2, 0) is 21.1 Å². The lowest BCUT2D eigenvalue weighted by atomic mass is 10.1. The molecular formula is C10H10O4S. The fraction of sp³-hybridized carbons (Fsp3) is 0.300. The first-order chi connectivity index (χ1) is 6.93. The molecule has 1 N–H and O–H groups in total. The Bertz CT molecular complexity index is 530. The summed E-state index contributed by atoms with van der Waals surface area (Å²) in [6.45, 7) is 1.85. The Kier molecular flexibility index (Phi) is 2.08. The van der Waals surface area contributed by atoms with Gasteiger partial charge in [-0.15, -0.1) is 0 Å². The fourth-order valence-electron chi connectivity index (χ4n) is 1.83. The summed E-state index contributed by atoms with van der Waals surface area (Å²) in [5, 5.41) is 7.50. The molecule has 0 aliphatic carbocycles. The van der Waals surface area contributed by atoms with E-state index >= 15 is 0 Å². The molecule has 0 fully saturated rings. The number of benzene rings is 1. The maximum Gasteiger partial charge on any atom is 0.322 e. The predicted molar refractivity (Wildman–Crippen MR) is 53.5 cm³/mol. The molecule has 4 nitrogen and oxygen atoms in total. The number of hydrogen-bond acceptors (Lipinski definition) is 3. The standard InChI is InChI=1S/C10H10O4S/c1-6-2-3-8-7(4-6)5-9(10(11)12)15(8,13)14/h2-4,9H,5H2,1H3,(H,11,12). The molecule has 0 radical (unpaired) electrons. The Morgan fingerprint density at radius 2 is 2.13 bits per heavy atom. The van der Waals surface area contributed by atoms with Gasteiger partial charge in [-0.25, -0.2) is 8.42 Å². The molecule has 1 aliphatic rings. The van der Waals surface area contributed by atoms with Gasteiger partial charge in [0.25, 0.3) is 0 Å². The Labute approximate surface area is 87.5 Å². The summed E-state index contributed by atoms with van der Waals surface area (Å²) in [5.41, 5.74) is 1.55. The zero-order valence-corrected chi connectivity index (χ0v) is 8.91. The van der Waals surface area contributed by atoms with Crippen LogP contribution in [0.1, 0.15) is 11.1 Å². The van der Waals surface area contributed by atoms with Crippen LogP contribution < -0.4 is 0 Å². The summed E-state index contributed by atoms with van der Waals surface area (Å²) in [5.74, 6) is -1.27. The Balaban J connectivity index is 2.62. The Hall–Kier alpha value is -1.36. The smallest absolute Gasteiger partial charge is 0.322 e. The van der Waals surface area contributed by atoms with Gasteiger partial charge in [-0.05, 0) is 18.6 Å². The molecule has 15 heavy (non-hydrogen) atoms. The number of aliphatic carboxylic acids is 1. The molecule has 5 heteroatoms. The highest BCUT2D eigenvalue weighted by Crippen LogP contribution is 2.31. The molecular weight excluding hydrogens is 216 g/mol. The van der Waals surface area contributed by atoms with Gasteiger partial charge < -0.3 is 5.11 Å². The first kappa shape index (κ1) is 10.2. The highest BCUT2D eigenvalue weighted by molar-refractivity contribution is 7.93. The predicted octanol–water partition coefficient (Wildman–Crippen LogP) is 0.778. The van der Waals surface area contributed by atoms with E-state index in [1.54, 1.807) is 12.1 Å². The first-order valence-corrected chi connectivity index (χ1v) is 6.04. The number of carboxylic acid groups (broad SMARTS) is 1. The third kappa shape index (κ3) is 1.43. The van der Waals surface area contributed by atoms with Crippen molar-refractivity contribution in [1.82, 2.24) is 0 Å². The van der Waals surface area contributed by atoms with Gasteiger partial charge in [0.2, 0.25) is 0 Å².